The van der Waals surface area contributed by atoms with Crippen molar-refractivity contribution in [2.75, 3.05) is 18.4 Å². The lowest BCUT2D eigenvalue weighted by molar-refractivity contribution is 0.568. The molecule has 1 aromatic heterocycles. The van der Waals surface area contributed by atoms with Crippen LogP contribution in [0.3, 0.4) is 0 Å². The lowest BCUT2D eigenvalue weighted by Gasteiger charge is -2.12. The zero-order valence-electron chi connectivity index (χ0n) is 10.2. The minimum absolute atomic E-state index is 0.577. The minimum Gasteiger partial charge on any atom is -0.370 e. The van der Waals surface area contributed by atoms with E-state index < -0.39 is 0 Å². The number of fused-ring (bicyclic) bond motifs is 1. The van der Waals surface area contributed by atoms with E-state index in [4.69, 9.17) is 5.73 Å². The fraction of sp³-hybridized carbons (Fsp3) is 0.357. The van der Waals surface area contributed by atoms with Crippen molar-refractivity contribution in [1.29, 1.82) is 0 Å². The normalized spacial score (nSPS) is 12.6. The van der Waals surface area contributed by atoms with E-state index in [1.165, 1.54) is 5.39 Å². The number of nitrogens with two attached hydrogens (primary N) is 1. The van der Waals surface area contributed by atoms with Gasteiger partial charge in [0.2, 0.25) is 0 Å². The van der Waals surface area contributed by atoms with E-state index in [0.29, 0.717) is 5.92 Å². The molecular formula is C14H19N3. The summed E-state index contributed by atoms with van der Waals surface area (Å²) < 4.78 is 0. The van der Waals surface area contributed by atoms with Gasteiger partial charge in [-0.2, -0.15) is 0 Å². The molecule has 0 spiro atoms. The maximum absolute atomic E-state index is 5.53. The molecule has 0 radical (unpaired) electrons. The van der Waals surface area contributed by atoms with Gasteiger partial charge < -0.3 is 11.1 Å². The molecule has 90 valence electrons. The second kappa shape index (κ2) is 5.64. The molecular weight excluding hydrogens is 210 g/mol. The van der Waals surface area contributed by atoms with Crippen molar-refractivity contribution in [3.63, 3.8) is 0 Å². The summed E-state index contributed by atoms with van der Waals surface area (Å²) >= 11 is 0. The maximum Gasteiger partial charge on any atom is 0.126 e. The molecule has 0 bridgehead atoms. The summed E-state index contributed by atoms with van der Waals surface area (Å²) in [4.78, 5) is 4.56. The van der Waals surface area contributed by atoms with Gasteiger partial charge in [0.05, 0.1) is 5.52 Å². The Balaban J connectivity index is 2.04. The fourth-order valence-corrected chi connectivity index (χ4v) is 1.83. The summed E-state index contributed by atoms with van der Waals surface area (Å²) in [7, 11) is 0. The van der Waals surface area contributed by atoms with E-state index in [1.54, 1.807) is 0 Å². The summed E-state index contributed by atoms with van der Waals surface area (Å²) in [5.41, 5.74) is 6.56. The molecule has 0 aliphatic carbocycles. The Kier molecular flexibility index (Phi) is 3.94. The van der Waals surface area contributed by atoms with Crippen LogP contribution in [0, 0.1) is 5.92 Å². The Bertz CT molecular complexity index is 482. The highest BCUT2D eigenvalue weighted by molar-refractivity contribution is 5.79. The number of hydrogen-bond donors (Lipinski definition) is 2. The Hall–Kier alpha value is -1.61. The van der Waals surface area contributed by atoms with Crippen molar-refractivity contribution in [1.82, 2.24) is 4.98 Å². The van der Waals surface area contributed by atoms with Crippen LogP contribution in [-0.4, -0.2) is 18.1 Å². The average molecular weight is 229 g/mol. The van der Waals surface area contributed by atoms with Gasteiger partial charge in [0.25, 0.3) is 0 Å². The highest BCUT2D eigenvalue weighted by Crippen LogP contribution is 2.14. The van der Waals surface area contributed by atoms with E-state index in [2.05, 4.69) is 29.4 Å². The van der Waals surface area contributed by atoms with Crippen LogP contribution in [0.15, 0.2) is 36.4 Å². The number of hydrogen-bond acceptors (Lipinski definition) is 3. The average Bonchev–Trinajstić information content (AvgIpc) is 2.36. The molecule has 2 rings (SSSR count). The smallest absolute Gasteiger partial charge is 0.126 e. The molecule has 3 nitrogen and oxygen atoms in total. The third-order valence-corrected chi connectivity index (χ3v) is 2.89. The van der Waals surface area contributed by atoms with Crippen LogP contribution < -0.4 is 11.1 Å². The number of rotatable bonds is 5. The monoisotopic (exact) mass is 229 g/mol. The SMILES string of the molecule is CC(CCN)CNc1ccc2ccccc2n1. The predicted octanol–water partition coefficient (Wildman–Crippen LogP) is 2.63. The van der Waals surface area contributed by atoms with Crippen molar-refractivity contribution in [2.24, 2.45) is 11.7 Å². The molecule has 0 aliphatic heterocycles. The maximum atomic E-state index is 5.53. The molecule has 0 saturated heterocycles. The molecule has 3 N–H and O–H groups in total. The summed E-state index contributed by atoms with van der Waals surface area (Å²) in [6, 6.07) is 12.3. The van der Waals surface area contributed by atoms with Crippen LogP contribution in [0.5, 0.6) is 0 Å². The second-order valence-corrected chi connectivity index (χ2v) is 4.45. The van der Waals surface area contributed by atoms with Crippen molar-refractivity contribution >= 4 is 16.7 Å². The summed E-state index contributed by atoms with van der Waals surface area (Å²) in [6.45, 7) is 3.86. The Morgan fingerprint density at radius 3 is 2.88 bits per heavy atom. The van der Waals surface area contributed by atoms with E-state index >= 15 is 0 Å². The number of aromatic nitrogens is 1. The van der Waals surface area contributed by atoms with Gasteiger partial charge in [-0.3, -0.25) is 0 Å². The minimum atomic E-state index is 0.577. The third kappa shape index (κ3) is 3.17. The van der Waals surface area contributed by atoms with Gasteiger partial charge in [-0.05, 0) is 37.1 Å². The highest BCUT2D eigenvalue weighted by Gasteiger charge is 2.01. The van der Waals surface area contributed by atoms with Gasteiger partial charge in [-0.15, -0.1) is 0 Å². The molecule has 2 aromatic rings. The number of anilines is 1. The van der Waals surface area contributed by atoms with Crippen molar-refractivity contribution in [3.8, 4) is 0 Å². The first-order chi connectivity index (χ1) is 8.29. The highest BCUT2D eigenvalue weighted by atomic mass is 15.0. The van der Waals surface area contributed by atoms with Gasteiger partial charge in [-0.1, -0.05) is 25.1 Å². The van der Waals surface area contributed by atoms with Crippen LogP contribution >= 0.6 is 0 Å². The quantitative estimate of drug-likeness (QED) is 0.828. The fourth-order valence-electron chi connectivity index (χ4n) is 1.83. The first kappa shape index (κ1) is 11.9. The molecule has 0 amide bonds. The number of nitrogens with zero attached hydrogens (tertiary/aromatic N) is 1. The van der Waals surface area contributed by atoms with Crippen LogP contribution in [0.4, 0.5) is 5.82 Å². The number of pyridine rings is 1. The van der Waals surface area contributed by atoms with Gasteiger partial charge in [0, 0.05) is 11.9 Å². The zero-order chi connectivity index (χ0) is 12.1. The molecule has 1 atom stereocenters. The summed E-state index contributed by atoms with van der Waals surface area (Å²) in [6.07, 6.45) is 1.04. The molecule has 1 heterocycles. The van der Waals surface area contributed by atoms with Crippen LogP contribution in [0.25, 0.3) is 10.9 Å². The first-order valence-corrected chi connectivity index (χ1v) is 6.09. The lowest BCUT2D eigenvalue weighted by atomic mass is 10.1. The van der Waals surface area contributed by atoms with E-state index in [-0.39, 0.29) is 0 Å². The lowest BCUT2D eigenvalue weighted by Crippen LogP contribution is -2.15. The Morgan fingerprint density at radius 2 is 2.06 bits per heavy atom. The first-order valence-electron chi connectivity index (χ1n) is 6.09. The summed E-state index contributed by atoms with van der Waals surface area (Å²) in [5, 5.41) is 4.53. The van der Waals surface area contributed by atoms with E-state index in [9.17, 15) is 0 Å². The molecule has 17 heavy (non-hydrogen) atoms. The third-order valence-electron chi connectivity index (χ3n) is 2.89. The molecule has 0 fully saturated rings. The number of para-hydroxylation sites is 1. The molecule has 1 aromatic carbocycles. The van der Waals surface area contributed by atoms with Crippen molar-refractivity contribution in [2.45, 2.75) is 13.3 Å². The Morgan fingerprint density at radius 1 is 1.24 bits per heavy atom. The molecule has 1 unspecified atom stereocenters. The van der Waals surface area contributed by atoms with Gasteiger partial charge in [0.15, 0.2) is 0 Å². The Labute approximate surface area is 102 Å². The number of benzene rings is 1. The topological polar surface area (TPSA) is 50.9 Å². The molecule has 0 saturated carbocycles. The van der Waals surface area contributed by atoms with E-state index in [0.717, 1.165) is 30.8 Å². The standard InChI is InChI=1S/C14H19N3/c1-11(8-9-15)10-16-14-7-6-12-4-2-3-5-13(12)17-14/h2-7,11H,8-10,15H2,1H3,(H,16,17). The van der Waals surface area contributed by atoms with Crippen LogP contribution in [0.1, 0.15) is 13.3 Å². The van der Waals surface area contributed by atoms with Gasteiger partial charge in [0.1, 0.15) is 5.82 Å². The van der Waals surface area contributed by atoms with Crippen LogP contribution in [-0.2, 0) is 0 Å². The predicted molar refractivity (Wildman–Crippen MR) is 73.1 cm³/mol. The summed E-state index contributed by atoms with van der Waals surface area (Å²) in [5.74, 6) is 1.51. The van der Waals surface area contributed by atoms with Crippen LogP contribution in [0.2, 0.25) is 0 Å². The molecule has 0 aliphatic rings. The largest absolute Gasteiger partial charge is 0.370 e. The van der Waals surface area contributed by atoms with Gasteiger partial charge in [-0.25, -0.2) is 4.98 Å². The van der Waals surface area contributed by atoms with Crippen molar-refractivity contribution < 1.29 is 0 Å². The van der Waals surface area contributed by atoms with E-state index in [1.807, 2.05) is 24.3 Å². The second-order valence-electron chi connectivity index (χ2n) is 4.45. The van der Waals surface area contributed by atoms with Gasteiger partial charge >= 0.3 is 0 Å². The molecule has 3 heteroatoms. The van der Waals surface area contributed by atoms with Crippen molar-refractivity contribution in [3.05, 3.63) is 36.4 Å². The zero-order valence-corrected chi connectivity index (χ0v) is 10.2. The number of nitrogens with one attached hydrogen (secondary N) is 1.